The average molecular weight is 1010 g/mol. The summed E-state index contributed by atoms with van der Waals surface area (Å²) >= 11 is 0. The zero-order chi connectivity index (χ0) is 51.2. The third-order valence-corrected chi connectivity index (χ3v) is 14.7. The first-order chi connectivity index (χ1) is 34.1. The number of quaternary nitrogens is 1. The zero-order valence-electron chi connectivity index (χ0n) is 47.5. The van der Waals surface area contributed by atoms with Crippen molar-refractivity contribution in [3.63, 3.8) is 0 Å². The Hall–Kier alpha value is -1.02. The highest BCUT2D eigenvalue weighted by molar-refractivity contribution is 7.47. The van der Waals surface area contributed by atoms with Crippen molar-refractivity contribution in [1.82, 2.24) is 0 Å². The van der Waals surface area contributed by atoms with Gasteiger partial charge in [0.1, 0.15) is 19.3 Å². The molecule has 0 aromatic carbocycles. The lowest BCUT2D eigenvalue weighted by Gasteiger charge is -2.24. The summed E-state index contributed by atoms with van der Waals surface area (Å²) in [5, 5.41) is 0. The Balaban J connectivity index is 4.00. The van der Waals surface area contributed by atoms with E-state index in [1.165, 1.54) is 244 Å². The molecule has 0 aromatic rings. The van der Waals surface area contributed by atoms with E-state index < -0.39 is 13.9 Å². The number of phosphoric acid groups is 1. The van der Waals surface area contributed by atoms with Gasteiger partial charge in [-0.1, -0.05) is 276 Å². The van der Waals surface area contributed by atoms with E-state index in [0.29, 0.717) is 24.1 Å². The summed E-state index contributed by atoms with van der Waals surface area (Å²) in [6.45, 7) is 5.69. The van der Waals surface area contributed by atoms with Crippen molar-refractivity contribution in [3.05, 3.63) is 24.3 Å². The molecule has 0 saturated heterocycles. The molecular weight excluding hydrogens is 890 g/mol. The molecule has 0 aromatic heterocycles. The largest absolute Gasteiger partial charge is 0.472 e. The normalized spacial score (nSPS) is 13.5. The quantitative estimate of drug-likeness (QED) is 0.0213. The van der Waals surface area contributed by atoms with E-state index in [-0.39, 0.29) is 25.8 Å². The van der Waals surface area contributed by atoms with Gasteiger partial charge in [-0.25, -0.2) is 4.57 Å². The van der Waals surface area contributed by atoms with Crippen LogP contribution in [0, 0.1) is 0 Å². The molecule has 0 aliphatic heterocycles. The number of nitrogens with zero attached hydrogens (tertiary/aromatic N) is 1. The van der Waals surface area contributed by atoms with Gasteiger partial charge in [0, 0.05) is 13.0 Å². The summed E-state index contributed by atoms with van der Waals surface area (Å²) in [5.74, 6) is -0.309. The topological polar surface area (TPSA) is 91.3 Å². The number of hydrogen-bond acceptors (Lipinski definition) is 6. The van der Waals surface area contributed by atoms with Gasteiger partial charge in [0.05, 0.1) is 34.4 Å². The Morgan fingerprint density at radius 3 is 1.16 bits per heavy atom. The van der Waals surface area contributed by atoms with Crippen LogP contribution in [0.15, 0.2) is 24.3 Å². The second-order valence-corrected chi connectivity index (χ2v) is 23.5. The van der Waals surface area contributed by atoms with Crippen molar-refractivity contribution < 1.29 is 37.3 Å². The summed E-state index contributed by atoms with van der Waals surface area (Å²) in [7, 11) is 1.68. The molecule has 2 atom stereocenters. The van der Waals surface area contributed by atoms with E-state index in [9.17, 15) is 14.3 Å². The molecule has 0 aliphatic rings. The number of phosphoric ester groups is 1. The number of carbonyl (C=O) groups excluding carboxylic acids is 1. The highest BCUT2D eigenvalue weighted by atomic mass is 31.2. The lowest BCUT2D eigenvalue weighted by atomic mass is 10.0. The number of ether oxygens (including phenoxy) is 2. The van der Waals surface area contributed by atoms with Crippen LogP contribution in [0.25, 0.3) is 0 Å². The lowest BCUT2D eigenvalue weighted by molar-refractivity contribution is -0.870. The number of unbranched alkanes of at least 4 members (excludes halogenated alkanes) is 40. The maximum Gasteiger partial charge on any atom is 0.472 e. The molecule has 0 saturated carbocycles. The highest BCUT2D eigenvalue weighted by Gasteiger charge is 2.26. The minimum absolute atomic E-state index is 0.0911. The van der Waals surface area contributed by atoms with Crippen LogP contribution in [0.3, 0.4) is 0 Å². The van der Waals surface area contributed by atoms with Crippen molar-refractivity contribution in [1.29, 1.82) is 0 Å². The SMILES string of the molecule is CCCCCCC/C=C\C/C=C\CCCCCCCCCCCCCC(=O)OC(COCCCCCCCCCCCCCCCCCCCCCCCCCCC)COP(=O)(O)OCC[N+](C)(C)C. The van der Waals surface area contributed by atoms with Crippen LogP contribution in [0.4, 0.5) is 0 Å². The summed E-state index contributed by atoms with van der Waals surface area (Å²) in [4.78, 5) is 23.1. The van der Waals surface area contributed by atoms with Crippen LogP contribution in [0.1, 0.15) is 303 Å². The van der Waals surface area contributed by atoms with Crippen molar-refractivity contribution >= 4 is 13.8 Å². The summed E-state index contributed by atoms with van der Waals surface area (Å²) in [6, 6.07) is 0. The zero-order valence-corrected chi connectivity index (χ0v) is 48.4. The van der Waals surface area contributed by atoms with E-state index in [1.54, 1.807) is 0 Å². The minimum Gasteiger partial charge on any atom is -0.457 e. The summed E-state index contributed by atoms with van der Waals surface area (Å²) < 4.78 is 35.3. The Bertz CT molecular complexity index is 1170. The molecule has 1 N–H and O–H groups in total. The van der Waals surface area contributed by atoms with Gasteiger partial charge < -0.3 is 18.9 Å². The number of carbonyl (C=O) groups is 1. The van der Waals surface area contributed by atoms with Gasteiger partial charge >= 0.3 is 13.8 Å². The predicted molar refractivity (Wildman–Crippen MR) is 303 cm³/mol. The molecule has 70 heavy (non-hydrogen) atoms. The van der Waals surface area contributed by atoms with Gasteiger partial charge in [-0.3, -0.25) is 13.8 Å². The van der Waals surface area contributed by atoms with E-state index >= 15 is 0 Å². The Morgan fingerprint density at radius 1 is 0.443 bits per heavy atom. The molecule has 0 rings (SSSR count). The third-order valence-electron chi connectivity index (χ3n) is 13.8. The number of likely N-dealkylation sites (N-methyl/N-ethyl adjacent to an activating group) is 1. The fraction of sp³-hybridized carbons (Fsp3) is 0.918. The van der Waals surface area contributed by atoms with Crippen LogP contribution in [-0.2, 0) is 27.9 Å². The lowest BCUT2D eigenvalue weighted by Crippen LogP contribution is -2.37. The van der Waals surface area contributed by atoms with Crippen molar-refractivity contribution in [3.8, 4) is 0 Å². The molecule has 0 spiro atoms. The molecule has 0 amide bonds. The van der Waals surface area contributed by atoms with Crippen LogP contribution >= 0.6 is 7.82 Å². The molecule has 9 heteroatoms. The van der Waals surface area contributed by atoms with Gasteiger partial charge in [0.2, 0.25) is 0 Å². The fourth-order valence-corrected chi connectivity index (χ4v) is 9.80. The van der Waals surface area contributed by atoms with Crippen LogP contribution < -0.4 is 0 Å². The van der Waals surface area contributed by atoms with Gasteiger partial charge in [-0.15, -0.1) is 0 Å². The first-order valence-electron chi connectivity index (χ1n) is 30.6. The van der Waals surface area contributed by atoms with Crippen molar-refractivity contribution in [2.75, 3.05) is 54.1 Å². The molecule has 416 valence electrons. The smallest absolute Gasteiger partial charge is 0.457 e. The monoisotopic (exact) mass is 1010 g/mol. The number of allylic oxidation sites excluding steroid dienone is 4. The number of hydrogen-bond donors (Lipinski definition) is 1. The van der Waals surface area contributed by atoms with Gasteiger partial charge in [0.25, 0.3) is 0 Å². The molecule has 0 heterocycles. The van der Waals surface area contributed by atoms with Gasteiger partial charge in [-0.05, 0) is 44.9 Å². The Kier molecular flexibility index (Phi) is 53.5. The van der Waals surface area contributed by atoms with Crippen molar-refractivity contribution in [2.45, 2.75) is 309 Å². The van der Waals surface area contributed by atoms with Crippen LogP contribution in [0.5, 0.6) is 0 Å². The summed E-state index contributed by atoms with van der Waals surface area (Å²) in [5.41, 5.74) is 0. The number of esters is 1. The van der Waals surface area contributed by atoms with Crippen molar-refractivity contribution in [2.24, 2.45) is 0 Å². The van der Waals surface area contributed by atoms with Crippen LogP contribution in [-0.4, -0.2) is 75.6 Å². The number of rotatable bonds is 58. The molecule has 8 nitrogen and oxygen atoms in total. The fourth-order valence-electron chi connectivity index (χ4n) is 9.06. The first-order valence-corrected chi connectivity index (χ1v) is 32.1. The van der Waals surface area contributed by atoms with E-state index in [0.717, 1.165) is 38.5 Å². The maximum atomic E-state index is 12.8. The highest BCUT2D eigenvalue weighted by Crippen LogP contribution is 2.43. The van der Waals surface area contributed by atoms with E-state index in [4.69, 9.17) is 18.5 Å². The first kappa shape index (κ1) is 69.0. The summed E-state index contributed by atoms with van der Waals surface area (Å²) in [6.07, 6.45) is 66.8. The van der Waals surface area contributed by atoms with Gasteiger partial charge in [-0.2, -0.15) is 0 Å². The molecule has 0 fully saturated rings. The third kappa shape index (κ3) is 57.9. The predicted octanol–water partition coefficient (Wildman–Crippen LogP) is 19.5. The maximum absolute atomic E-state index is 12.8. The standard InChI is InChI=1S/C61H120NO7P/c1-6-8-10-12-14-16-18-20-22-24-26-28-30-31-33-35-37-39-41-43-45-47-49-51-53-56-66-58-60(59-68-70(64,65)67-57-55-62(3,4)5)69-61(63)54-52-50-48-46-44-42-40-38-36-34-32-29-27-25-23-21-19-17-15-13-11-9-7-2/h19,21,25,27,60H,6-18,20,22-24,26,28-59H2,1-5H3/p+1/b21-19-,27-25-. The Morgan fingerprint density at radius 2 is 0.786 bits per heavy atom. The van der Waals surface area contributed by atoms with E-state index in [2.05, 4.69) is 38.2 Å². The van der Waals surface area contributed by atoms with E-state index in [1.807, 2.05) is 21.1 Å². The minimum atomic E-state index is -4.28. The molecule has 0 aliphatic carbocycles. The Labute approximate surface area is 436 Å². The molecular formula is C61H121NO7P+. The second kappa shape index (κ2) is 54.2. The molecule has 0 bridgehead atoms. The molecule has 2 unspecified atom stereocenters. The average Bonchev–Trinajstić information content (AvgIpc) is 3.32. The van der Waals surface area contributed by atoms with Gasteiger partial charge in [0.15, 0.2) is 0 Å². The second-order valence-electron chi connectivity index (χ2n) is 22.1. The van der Waals surface area contributed by atoms with Crippen LogP contribution in [0.2, 0.25) is 0 Å². The molecule has 0 radical (unpaired) electrons.